The van der Waals surface area contributed by atoms with E-state index in [9.17, 15) is 0 Å². The van der Waals surface area contributed by atoms with E-state index in [4.69, 9.17) is 4.74 Å². The van der Waals surface area contributed by atoms with E-state index >= 15 is 0 Å². The van der Waals surface area contributed by atoms with E-state index in [1.54, 1.807) is 7.11 Å². The van der Waals surface area contributed by atoms with Gasteiger partial charge in [0.15, 0.2) is 0 Å². The molecule has 0 radical (unpaired) electrons. The average molecular weight is 276 g/mol. The van der Waals surface area contributed by atoms with Crippen LogP contribution in [0.4, 0.5) is 0 Å². The molecule has 0 saturated carbocycles. The van der Waals surface area contributed by atoms with E-state index in [0.29, 0.717) is 5.41 Å². The summed E-state index contributed by atoms with van der Waals surface area (Å²) in [6.07, 6.45) is 3.69. The highest BCUT2D eigenvalue weighted by Gasteiger charge is 2.27. The van der Waals surface area contributed by atoms with Crippen molar-refractivity contribution in [1.29, 1.82) is 0 Å². The van der Waals surface area contributed by atoms with Crippen molar-refractivity contribution in [3.63, 3.8) is 0 Å². The van der Waals surface area contributed by atoms with E-state index < -0.39 is 0 Å². The molecule has 0 aliphatic carbocycles. The number of ether oxygens (including phenoxy) is 1. The van der Waals surface area contributed by atoms with Gasteiger partial charge in [0.2, 0.25) is 0 Å². The number of benzene rings is 1. The summed E-state index contributed by atoms with van der Waals surface area (Å²) in [5.74, 6) is 0.931. The Morgan fingerprint density at radius 2 is 1.85 bits per heavy atom. The molecule has 112 valence electrons. The van der Waals surface area contributed by atoms with Gasteiger partial charge < -0.3 is 15.0 Å². The number of nitrogens with zero attached hydrogens (tertiary/aromatic N) is 1. The van der Waals surface area contributed by atoms with Crippen molar-refractivity contribution in [2.24, 2.45) is 5.41 Å². The van der Waals surface area contributed by atoms with Gasteiger partial charge in [0.25, 0.3) is 0 Å². The van der Waals surface area contributed by atoms with Gasteiger partial charge in [-0.1, -0.05) is 19.1 Å². The van der Waals surface area contributed by atoms with Crippen molar-refractivity contribution in [3.05, 3.63) is 29.8 Å². The number of nitrogens with one attached hydrogen (secondary N) is 1. The standard InChI is InChI=1S/C17H28N2O/c1-17(9-12-19(2)13-10-17)14-18-11-8-15-4-6-16(20-3)7-5-15/h4-7,18H,8-14H2,1-3H3. The smallest absolute Gasteiger partial charge is 0.118 e. The topological polar surface area (TPSA) is 24.5 Å². The summed E-state index contributed by atoms with van der Waals surface area (Å²) in [4.78, 5) is 2.43. The van der Waals surface area contributed by atoms with Crippen molar-refractivity contribution in [2.75, 3.05) is 40.3 Å². The van der Waals surface area contributed by atoms with Gasteiger partial charge in [0.1, 0.15) is 5.75 Å². The quantitative estimate of drug-likeness (QED) is 0.808. The summed E-state index contributed by atoms with van der Waals surface area (Å²) in [7, 11) is 3.93. The molecule has 0 atom stereocenters. The molecule has 1 aliphatic heterocycles. The number of piperidine rings is 1. The number of likely N-dealkylation sites (tertiary alicyclic amines) is 1. The fourth-order valence-electron chi connectivity index (χ4n) is 2.75. The Hall–Kier alpha value is -1.06. The second-order valence-electron chi connectivity index (χ2n) is 6.39. The first-order chi connectivity index (χ1) is 9.61. The highest BCUT2D eigenvalue weighted by atomic mass is 16.5. The Balaban J connectivity index is 1.68. The minimum absolute atomic E-state index is 0.479. The average Bonchev–Trinajstić information content (AvgIpc) is 2.48. The minimum Gasteiger partial charge on any atom is -0.497 e. The molecule has 0 bridgehead atoms. The molecule has 1 aromatic carbocycles. The molecule has 0 unspecified atom stereocenters. The largest absolute Gasteiger partial charge is 0.497 e. The second kappa shape index (κ2) is 7.09. The molecule has 3 heteroatoms. The van der Waals surface area contributed by atoms with Gasteiger partial charge in [-0.3, -0.25) is 0 Å². The number of hydrogen-bond donors (Lipinski definition) is 1. The van der Waals surface area contributed by atoms with E-state index in [1.165, 1.54) is 31.5 Å². The van der Waals surface area contributed by atoms with Crippen molar-refractivity contribution in [2.45, 2.75) is 26.2 Å². The summed E-state index contributed by atoms with van der Waals surface area (Å²) in [6, 6.07) is 8.37. The number of rotatable bonds is 6. The van der Waals surface area contributed by atoms with E-state index in [1.807, 2.05) is 12.1 Å². The van der Waals surface area contributed by atoms with E-state index in [2.05, 4.69) is 36.3 Å². The first-order valence-corrected chi connectivity index (χ1v) is 7.63. The lowest BCUT2D eigenvalue weighted by Gasteiger charge is -2.38. The molecular formula is C17H28N2O. The predicted octanol–water partition coefficient (Wildman–Crippen LogP) is 2.56. The monoisotopic (exact) mass is 276 g/mol. The van der Waals surface area contributed by atoms with Crippen LogP contribution < -0.4 is 10.1 Å². The van der Waals surface area contributed by atoms with Gasteiger partial charge in [-0.25, -0.2) is 0 Å². The Morgan fingerprint density at radius 3 is 2.45 bits per heavy atom. The third-order valence-corrected chi connectivity index (χ3v) is 4.50. The molecule has 0 aromatic heterocycles. The Kier molecular flexibility index (Phi) is 5.44. The SMILES string of the molecule is COc1ccc(CCNCC2(C)CCN(C)CC2)cc1. The lowest BCUT2D eigenvalue weighted by atomic mass is 9.80. The van der Waals surface area contributed by atoms with Crippen LogP contribution in [0.1, 0.15) is 25.3 Å². The van der Waals surface area contributed by atoms with Crippen LogP contribution >= 0.6 is 0 Å². The van der Waals surface area contributed by atoms with Gasteiger partial charge in [0, 0.05) is 6.54 Å². The summed E-state index contributed by atoms with van der Waals surface area (Å²) in [6.45, 7) is 7.07. The van der Waals surface area contributed by atoms with Crippen LogP contribution in [0.5, 0.6) is 5.75 Å². The van der Waals surface area contributed by atoms with Crippen molar-refractivity contribution in [1.82, 2.24) is 10.2 Å². The van der Waals surface area contributed by atoms with Gasteiger partial charge in [-0.15, -0.1) is 0 Å². The van der Waals surface area contributed by atoms with Crippen molar-refractivity contribution < 1.29 is 4.74 Å². The van der Waals surface area contributed by atoms with Crippen LogP contribution in [0.15, 0.2) is 24.3 Å². The van der Waals surface area contributed by atoms with E-state index in [-0.39, 0.29) is 0 Å². The van der Waals surface area contributed by atoms with Gasteiger partial charge in [-0.2, -0.15) is 0 Å². The summed E-state index contributed by atoms with van der Waals surface area (Å²) >= 11 is 0. The first-order valence-electron chi connectivity index (χ1n) is 7.63. The van der Waals surface area contributed by atoms with Crippen LogP contribution in [0, 0.1) is 5.41 Å². The fourth-order valence-corrected chi connectivity index (χ4v) is 2.75. The third kappa shape index (κ3) is 4.50. The normalized spacial score (nSPS) is 18.9. The zero-order chi connectivity index (χ0) is 14.4. The van der Waals surface area contributed by atoms with Crippen molar-refractivity contribution in [3.8, 4) is 5.75 Å². The summed E-state index contributed by atoms with van der Waals surface area (Å²) < 4.78 is 5.18. The third-order valence-electron chi connectivity index (χ3n) is 4.50. The molecule has 2 rings (SSSR count). The van der Waals surface area contributed by atoms with Crippen LogP contribution in [0.3, 0.4) is 0 Å². The van der Waals surface area contributed by atoms with Gasteiger partial charge in [-0.05, 0) is 69.1 Å². The summed E-state index contributed by atoms with van der Waals surface area (Å²) in [5, 5.41) is 3.64. The van der Waals surface area contributed by atoms with Crippen LogP contribution in [0.25, 0.3) is 0 Å². The molecule has 20 heavy (non-hydrogen) atoms. The predicted molar refractivity (Wildman–Crippen MR) is 84.4 cm³/mol. The second-order valence-corrected chi connectivity index (χ2v) is 6.39. The fraction of sp³-hybridized carbons (Fsp3) is 0.647. The van der Waals surface area contributed by atoms with Crippen LogP contribution in [-0.2, 0) is 6.42 Å². The minimum atomic E-state index is 0.479. The molecule has 1 aliphatic rings. The highest BCUT2D eigenvalue weighted by molar-refractivity contribution is 5.27. The Labute approximate surface area is 123 Å². The summed E-state index contributed by atoms with van der Waals surface area (Å²) in [5.41, 5.74) is 1.85. The van der Waals surface area contributed by atoms with Gasteiger partial charge >= 0.3 is 0 Å². The number of methoxy groups -OCH3 is 1. The van der Waals surface area contributed by atoms with Crippen LogP contribution in [-0.4, -0.2) is 45.2 Å². The van der Waals surface area contributed by atoms with Crippen LogP contribution in [0.2, 0.25) is 0 Å². The molecule has 1 aromatic rings. The first kappa shape index (κ1) is 15.3. The Bertz CT molecular complexity index is 394. The maximum Gasteiger partial charge on any atom is 0.118 e. The molecule has 1 saturated heterocycles. The molecule has 1 fully saturated rings. The molecule has 0 amide bonds. The lowest BCUT2D eigenvalue weighted by Crippen LogP contribution is -2.42. The Morgan fingerprint density at radius 1 is 1.20 bits per heavy atom. The molecule has 1 heterocycles. The van der Waals surface area contributed by atoms with Gasteiger partial charge in [0.05, 0.1) is 7.11 Å². The maximum absolute atomic E-state index is 5.18. The number of hydrogen-bond acceptors (Lipinski definition) is 3. The molecule has 3 nitrogen and oxygen atoms in total. The lowest BCUT2D eigenvalue weighted by molar-refractivity contribution is 0.137. The highest BCUT2D eigenvalue weighted by Crippen LogP contribution is 2.29. The molecule has 0 spiro atoms. The zero-order valence-corrected chi connectivity index (χ0v) is 13.1. The maximum atomic E-state index is 5.18. The molecule has 1 N–H and O–H groups in total. The zero-order valence-electron chi connectivity index (χ0n) is 13.1. The molecular weight excluding hydrogens is 248 g/mol. The van der Waals surface area contributed by atoms with E-state index in [0.717, 1.165) is 25.3 Å². The van der Waals surface area contributed by atoms with Crippen molar-refractivity contribution >= 4 is 0 Å².